The third kappa shape index (κ3) is 4.91. The third-order valence-electron chi connectivity index (χ3n) is 4.15. The number of aryl methyl sites for hydroxylation is 2. The summed E-state index contributed by atoms with van der Waals surface area (Å²) in [5.41, 5.74) is 3.16. The van der Waals surface area contributed by atoms with Crippen molar-refractivity contribution in [3.05, 3.63) is 35.3 Å². The SMILES string of the molecule is CCCCNc1nnc(-c2cc(C)c(OCC3=COC(C)(C)O3)c(C)c2)s1. The lowest BCUT2D eigenvalue weighted by Crippen LogP contribution is -2.21. The van der Waals surface area contributed by atoms with Crippen LogP contribution in [0, 0.1) is 13.8 Å². The molecule has 0 fully saturated rings. The van der Waals surface area contributed by atoms with E-state index in [1.807, 2.05) is 27.7 Å². The van der Waals surface area contributed by atoms with E-state index in [-0.39, 0.29) is 0 Å². The molecule has 7 heteroatoms. The fraction of sp³-hybridized carbons (Fsp3) is 0.500. The highest BCUT2D eigenvalue weighted by molar-refractivity contribution is 7.18. The van der Waals surface area contributed by atoms with Gasteiger partial charge in [0.2, 0.25) is 10.9 Å². The van der Waals surface area contributed by atoms with Crippen LogP contribution >= 0.6 is 11.3 Å². The van der Waals surface area contributed by atoms with E-state index < -0.39 is 5.79 Å². The van der Waals surface area contributed by atoms with Crippen molar-refractivity contribution in [1.29, 1.82) is 0 Å². The second-order valence-corrected chi connectivity index (χ2v) is 8.10. The number of nitrogens with one attached hydrogen (secondary N) is 1. The first-order chi connectivity index (χ1) is 12.9. The molecule has 0 atom stereocenters. The molecule has 1 aromatic heterocycles. The number of ether oxygens (including phenoxy) is 3. The molecule has 1 aromatic carbocycles. The number of aromatic nitrogens is 2. The average molecular weight is 390 g/mol. The molecule has 146 valence electrons. The lowest BCUT2D eigenvalue weighted by molar-refractivity contribution is -0.119. The van der Waals surface area contributed by atoms with Crippen molar-refractivity contribution < 1.29 is 14.2 Å². The van der Waals surface area contributed by atoms with Gasteiger partial charge in [-0.1, -0.05) is 24.7 Å². The van der Waals surface area contributed by atoms with E-state index in [0.29, 0.717) is 12.4 Å². The number of benzene rings is 1. The summed E-state index contributed by atoms with van der Waals surface area (Å²) in [6, 6.07) is 4.17. The highest BCUT2D eigenvalue weighted by Gasteiger charge is 2.28. The van der Waals surface area contributed by atoms with Crippen molar-refractivity contribution in [2.45, 2.75) is 53.2 Å². The van der Waals surface area contributed by atoms with E-state index in [0.717, 1.165) is 52.0 Å². The van der Waals surface area contributed by atoms with Gasteiger partial charge in [-0.3, -0.25) is 0 Å². The molecule has 1 aliphatic rings. The van der Waals surface area contributed by atoms with E-state index >= 15 is 0 Å². The number of nitrogens with zero attached hydrogens (tertiary/aromatic N) is 2. The Morgan fingerprint density at radius 2 is 1.93 bits per heavy atom. The maximum Gasteiger partial charge on any atom is 0.244 e. The van der Waals surface area contributed by atoms with E-state index in [1.165, 1.54) is 0 Å². The van der Waals surface area contributed by atoms with Crippen LogP contribution in [0.2, 0.25) is 0 Å². The summed E-state index contributed by atoms with van der Waals surface area (Å²) in [5.74, 6) is 0.932. The molecular weight excluding hydrogens is 362 g/mol. The minimum atomic E-state index is -0.618. The van der Waals surface area contributed by atoms with Crippen LogP contribution in [0.5, 0.6) is 5.75 Å². The van der Waals surface area contributed by atoms with Crippen LogP contribution < -0.4 is 10.1 Å². The third-order valence-corrected chi connectivity index (χ3v) is 5.08. The van der Waals surface area contributed by atoms with E-state index in [4.69, 9.17) is 14.2 Å². The largest absolute Gasteiger partial charge is 0.485 e. The van der Waals surface area contributed by atoms with Gasteiger partial charge in [-0.25, -0.2) is 0 Å². The van der Waals surface area contributed by atoms with Gasteiger partial charge in [0.15, 0.2) is 5.76 Å². The first kappa shape index (κ1) is 19.5. The summed E-state index contributed by atoms with van der Waals surface area (Å²) in [6.07, 6.45) is 3.90. The van der Waals surface area contributed by atoms with Crippen LogP contribution in [0.3, 0.4) is 0 Å². The van der Waals surface area contributed by atoms with E-state index in [9.17, 15) is 0 Å². The Balaban J connectivity index is 1.68. The molecule has 3 rings (SSSR count). The molecule has 0 saturated heterocycles. The molecule has 0 radical (unpaired) electrons. The Morgan fingerprint density at radius 1 is 1.19 bits per heavy atom. The standard InChI is InChI=1S/C20H27N3O3S/c1-6-7-8-21-19-23-22-18(27-19)15-9-13(2)17(14(3)10-15)24-11-16-12-25-20(4,5)26-16/h9-10,12H,6-8,11H2,1-5H3,(H,21,23). The Bertz CT molecular complexity index is 807. The molecule has 2 heterocycles. The van der Waals surface area contributed by atoms with Gasteiger partial charge in [0, 0.05) is 26.0 Å². The maximum atomic E-state index is 5.99. The van der Waals surface area contributed by atoms with E-state index in [2.05, 4.69) is 34.6 Å². The zero-order valence-corrected chi connectivity index (χ0v) is 17.4. The van der Waals surface area contributed by atoms with Gasteiger partial charge in [0.1, 0.15) is 23.6 Å². The Kier molecular flexibility index (Phi) is 5.89. The second kappa shape index (κ2) is 8.17. The first-order valence-corrected chi connectivity index (χ1v) is 10.1. The summed E-state index contributed by atoms with van der Waals surface area (Å²) in [7, 11) is 0. The molecule has 0 unspecified atom stereocenters. The number of unbranched alkanes of at least 4 members (excludes halogenated alkanes) is 1. The molecule has 0 saturated carbocycles. The van der Waals surface area contributed by atoms with Crippen molar-refractivity contribution in [3.8, 4) is 16.3 Å². The molecule has 0 aliphatic carbocycles. The highest BCUT2D eigenvalue weighted by Crippen LogP contribution is 2.33. The quantitative estimate of drug-likeness (QED) is 0.638. The van der Waals surface area contributed by atoms with Gasteiger partial charge in [-0.05, 0) is 43.5 Å². The topological polar surface area (TPSA) is 65.5 Å². The zero-order valence-electron chi connectivity index (χ0n) is 16.6. The maximum absolute atomic E-state index is 5.99. The number of hydrogen-bond donors (Lipinski definition) is 1. The molecule has 0 bridgehead atoms. The molecule has 6 nitrogen and oxygen atoms in total. The zero-order chi connectivity index (χ0) is 19.4. The van der Waals surface area contributed by atoms with Gasteiger partial charge in [-0.15, -0.1) is 10.2 Å². The minimum Gasteiger partial charge on any atom is -0.485 e. The normalized spacial score (nSPS) is 15.1. The highest BCUT2D eigenvalue weighted by atomic mass is 32.1. The summed E-state index contributed by atoms with van der Waals surface area (Å²) in [6.45, 7) is 11.3. The molecule has 0 spiro atoms. The van der Waals surface area contributed by atoms with Gasteiger partial charge < -0.3 is 19.5 Å². The molecule has 1 N–H and O–H groups in total. The Labute approximate surface area is 164 Å². The number of hydrogen-bond acceptors (Lipinski definition) is 7. The van der Waals surface area contributed by atoms with Crippen LogP contribution in [0.1, 0.15) is 44.7 Å². The van der Waals surface area contributed by atoms with Crippen LogP contribution in [0.4, 0.5) is 5.13 Å². The summed E-state index contributed by atoms with van der Waals surface area (Å²) < 4.78 is 17.1. The molecule has 2 aromatic rings. The fourth-order valence-electron chi connectivity index (χ4n) is 2.86. The fourth-order valence-corrected chi connectivity index (χ4v) is 3.62. The number of rotatable bonds is 8. The number of anilines is 1. The summed E-state index contributed by atoms with van der Waals surface area (Å²) in [4.78, 5) is 0. The monoisotopic (exact) mass is 389 g/mol. The van der Waals surface area contributed by atoms with Crippen molar-refractivity contribution >= 4 is 16.5 Å². The van der Waals surface area contributed by atoms with Gasteiger partial charge in [-0.2, -0.15) is 0 Å². The van der Waals surface area contributed by atoms with E-state index in [1.54, 1.807) is 17.6 Å². The van der Waals surface area contributed by atoms with Gasteiger partial charge in [0.25, 0.3) is 0 Å². The van der Waals surface area contributed by atoms with Crippen molar-refractivity contribution in [2.75, 3.05) is 18.5 Å². The van der Waals surface area contributed by atoms with Gasteiger partial charge in [0.05, 0.1) is 0 Å². The van der Waals surface area contributed by atoms with Crippen LogP contribution in [-0.4, -0.2) is 29.1 Å². The smallest absolute Gasteiger partial charge is 0.244 e. The lowest BCUT2D eigenvalue weighted by Gasteiger charge is -2.19. The Hall–Kier alpha value is -2.28. The Morgan fingerprint density at radius 3 is 2.56 bits per heavy atom. The predicted octanol–water partition coefficient (Wildman–Crippen LogP) is 5.04. The van der Waals surface area contributed by atoms with Crippen LogP contribution in [0.15, 0.2) is 24.2 Å². The average Bonchev–Trinajstić information content (AvgIpc) is 3.20. The first-order valence-electron chi connectivity index (χ1n) is 9.25. The second-order valence-electron chi connectivity index (χ2n) is 7.12. The predicted molar refractivity (Wildman–Crippen MR) is 108 cm³/mol. The molecule has 1 aliphatic heterocycles. The molecular formula is C20H27N3O3S. The van der Waals surface area contributed by atoms with Crippen LogP contribution in [-0.2, 0) is 9.47 Å². The van der Waals surface area contributed by atoms with Crippen LogP contribution in [0.25, 0.3) is 10.6 Å². The van der Waals surface area contributed by atoms with Gasteiger partial charge >= 0.3 is 0 Å². The summed E-state index contributed by atoms with van der Waals surface area (Å²) >= 11 is 1.57. The molecule has 0 amide bonds. The molecule has 27 heavy (non-hydrogen) atoms. The minimum absolute atomic E-state index is 0.342. The van der Waals surface area contributed by atoms with Crippen molar-refractivity contribution in [3.63, 3.8) is 0 Å². The summed E-state index contributed by atoms with van der Waals surface area (Å²) in [5, 5.41) is 13.7. The van der Waals surface area contributed by atoms with Crippen molar-refractivity contribution in [1.82, 2.24) is 10.2 Å². The van der Waals surface area contributed by atoms with Crippen molar-refractivity contribution in [2.24, 2.45) is 0 Å². The lowest BCUT2D eigenvalue weighted by atomic mass is 10.1.